The second-order valence-electron chi connectivity index (χ2n) is 5.56. The molecule has 0 unspecified atom stereocenters. The van der Waals surface area contributed by atoms with Crippen LogP contribution in [-0.4, -0.2) is 25.2 Å². The molecule has 0 aliphatic heterocycles. The Morgan fingerprint density at radius 3 is 2.95 bits per heavy atom. The molecule has 0 saturated heterocycles. The lowest BCUT2D eigenvalue weighted by molar-refractivity contribution is 0.468. The minimum atomic E-state index is 0.399. The molecule has 1 aromatic carbocycles. The Hall–Kier alpha value is -2.01. The summed E-state index contributed by atoms with van der Waals surface area (Å²) in [6.45, 7) is 2.12. The van der Waals surface area contributed by atoms with Gasteiger partial charge in [-0.25, -0.2) is 9.97 Å². The summed E-state index contributed by atoms with van der Waals surface area (Å²) in [5.74, 6) is 1.88. The average Bonchev–Trinajstić information content (AvgIpc) is 3.25. The maximum atomic E-state index is 10.0. The highest BCUT2D eigenvalue weighted by atomic mass is 32.2. The number of imidazole rings is 1. The van der Waals surface area contributed by atoms with Gasteiger partial charge in [0.2, 0.25) is 0 Å². The molecule has 5 heteroatoms. The molecule has 22 heavy (non-hydrogen) atoms. The molecule has 4 nitrogen and oxygen atoms in total. The average molecular weight is 311 g/mol. The molecule has 1 aliphatic rings. The molecule has 0 spiro atoms. The highest BCUT2D eigenvalue weighted by Gasteiger charge is 2.26. The van der Waals surface area contributed by atoms with Crippen LogP contribution in [-0.2, 0) is 0 Å². The standard InChI is InChI=1S/C17H17N3OS/c1-2-22-17-19-14(10-16-18-7-8-20(16)17)12-5-6-15(21)13(9-12)11-3-4-11/h5-11,21H,2-4H2,1H3. The van der Waals surface area contributed by atoms with Gasteiger partial charge in [0.15, 0.2) is 5.16 Å². The van der Waals surface area contributed by atoms with E-state index < -0.39 is 0 Å². The second kappa shape index (κ2) is 5.32. The third kappa shape index (κ3) is 2.35. The SMILES string of the molecule is CCSc1nc(-c2ccc(O)c(C3CC3)c2)cc2nccn12. The molecule has 2 heterocycles. The largest absolute Gasteiger partial charge is 0.508 e. The zero-order valence-corrected chi connectivity index (χ0v) is 13.2. The van der Waals surface area contributed by atoms with Crippen LogP contribution in [0.5, 0.6) is 5.75 Å². The smallest absolute Gasteiger partial charge is 0.174 e. The first-order valence-electron chi connectivity index (χ1n) is 7.56. The van der Waals surface area contributed by atoms with Crippen molar-refractivity contribution < 1.29 is 5.11 Å². The molecule has 2 aromatic heterocycles. The first-order valence-corrected chi connectivity index (χ1v) is 8.55. The van der Waals surface area contributed by atoms with Gasteiger partial charge < -0.3 is 5.11 Å². The number of thioether (sulfide) groups is 1. The third-order valence-corrected chi connectivity index (χ3v) is 4.81. The van der Waals surface area contributed by atoms with E-state index in [9.17, 15) is 5.11 Å². The van der Waals surface area contributed by atoms with E-state index in [0.717, 1.165) is 33.4 Å². The Morgan fingerprint density at radius 1 is 1.32 bits per heavy atom. The van der Waals surface area contributed by atoms with Crippen molar-refractivity contribution in [1.82, 2.24) is 14.4 Å². The summed E-state index contributed by atoms with van der Waals surface area (Å²) in [4.78, 5) is 9.18. The van der Waals surface area contributed by atoms with Crippen LogP contribution in [0.2, 0.25) is 0 Å². The number of hydrogen-bond acceptors (Lipinski definition) is 4. The molecule has 1 aliphatic carbocycles. The predicted molar refractivity (Wildman–Crippen MR) is 88.5 cm³/mol. The summed E-state index contributed by atoms with van der Waals surface area (Å²) in [6, 6.07) is 7.80. The van der Waals surface area contributed by atoms with E-state index in [2.05, 4.69) is 18.0 Å². The maximum Gasteiger partial charge on any atom is 0.174 e. The Bertz CT molecular complexity index is 839. The van der Waals surface area contributed by atoms with E-state index in [1.807, 2.05) is 22.7 Å². The molecule has 0 bridgehead atoms. The quantitative estimate of drug-likeness (QED) is 0.582. The van der Waals surface area contributed by atoms with Crippen LogP contribution < -0.4 is 0 Å². The lowest BCUT2D eigenvalue weighted by Crippen LogP contribution is -1.97. The van der Waals surface area contributed by atoms with Crippen LogP contribution in [0, 0.1) is 0 Å². The fraction of sp³-hybridized carbons (Fsp3) is 0.294. The zero-order valence-electron chi connectivity index (χ0n) is 12.4. The summed E-state index contributed by atoms with van der Waals surface area (Å²) in [7, 11) is 0. The molecule has 1 fully saturated rings. The second-order valence-corrected chi connectivity index (χ2v) is 6.79. The highest BCUT2D eigenvalue weighted by molar-refractivity contribution is 7.99. The van der Waals surface area contributed by atoms with Gasteiger partial charge in [-0.3, -0.25) is 4.40 Å². The topological polar surface area (TPSA) is 50.4 Å². The number of hydrogen-bond donors (Lipinski definition) is 1. The van der Waals surface area contributed by atoms with Gasteiger partial charge >= 0.3 is 0 Å². The van der Waals surface area contributed by atoms with Gasteiger partial charge in [-0.1, -0.05) is 18.7 Å². The third-order valence-electron chi connectivity index (χ3n) is 3.97. The molecule has 112 valence electrons. The molecule has 0 amide bonds. The van der Waals surface area contributed by atoms with Crippen LogP contribution >= 0.6 is 11.8 Å². The van der Waals surface area contributed by atoms with Gasteiger partial charge in [-0.05, 0) is 48.3 Å². The van der Waals surface area contributed by atoms with E-state index in [4.69, 9.17) is 4.98 Å². The lowest BCUT2D eigenvalue weighted by atomic mass is 10.0. The number of aromatic hydroxyl groups is 1. The van der Waals surface area contributed by atoms with E-state index in [0.29, 0.717) is 11.7 Å². The maximum absolute atomic E-state index is 10.0. The molecule has 0 atom stereocenters. The van der Waals surface area contributed by atoms with Gasteiger partial charge in [0, 0.05) is 24.0 Å². The number of fused-ring (bicyclic) bond motifs is 1. The Morgan fingerprint density at radius 2 is 2.18 bits per heavy atom. The molecule has 0 radical (unpaired) electrons. The number of rotatable bonds is 4. The van der Waals surface area contributed by atoms with Crippen LogP contribution in [0.25, 0.3) is 16.9 Å². The predicted octanol–water partition coefficient (Wildman–Crippen LogP) is 4.09. The molecule has 1 N–H and O–H groups in total. The summed E-state index contributed by atoms with van der Waals surface area (Å²) in [5.41, 5.74) is 3.91. The normalized spacial score (nSPS) is 14.6. The Balaban J connectivity index is 1.84. The summed E-state index contributed by atoms with van der Waals surface area (Å²) < 4.78 is 2.01. The van der Waals surface area contributed by atoms with Gasteiger partial charge in [0.1, 0.15) is 11.4 Å². The van der Waals surface area contributed by atoms with Crippen molar-refractivity contribution in [2.75, 3.05) is 5.75 Å². The van der Waals surface area contributed by atoms with Gasteiger partial charge in [-0.15, -0.1) is 0 Å². The zero-order chi connectivity index (χ0) is 15.1. The van der Waals surface area contributed by atoms with Gasteiger partial charge in [-0.2, -0.15) is 0 Å². The monoisotopic (exact) mass is 311 g/mol. The number of benzene rings is 1. The van der Waals surface area contributed by atoms with Crippen LogP contribution in [0.4, 0.5) is 0 Å². The van der Waals surface area contributed by atoms with E-state index >= 15 is 0 Å². The number of phenolic OH excluding ortho intramolecular Hbond substituents is 1. The minimum Gasteiger partial charge on any atom is -0.508 e. The number of phenols is 1. The summed E-state index contributed by atoms with van der Waals surface area (Å²) in [5, 5.41) is 11.0. The first-order chi connectivity index (χ1) is 10.8. The van der Waals surface area contributed by atoms with Gasteiger partial charge in [0.25, 0.3) is 0 Å². The van der Waals surface area contributed by atoms with Crippen molar-refractivity contribution in [1.29, 1.82) is 0 Å². The Kier molecular flexibility index (Phi) is 3.30. The minimum absolute atomic E-state index is 0.399. The highest BCUT2D eigenvalue weighted by Crippen LogP contribution is 2.45. The van der Waals surface area contributed by atoms with Crippen molar-refractivity contribution in [3.8, 4) is 17.0 Å². The van der Waals surface area contributed by atoms with E-state index in [1.165, 1.54) is 12.8 Å². The summed E-state index contributed by atoms with van der Waals surface area (Å²) in [6.07, 6.45) is 6.07. The van der Waals surface area contributed by atoms with E-state index in [-0.39, 0.29) is 0 Å². The Labute approximate surface area is 133 Å². The fourth-order valence-electron chi connectivity index (χ4n) is 2.71. The molecule has 4 rings (SSSR count). The van der Waals surface area contributed by atoms with Crippen molar-refractivity contribution in [2.45, 2.75) is 30.8 Å². The van der Waals surface area contributed by atoms with Gasteiger partial charge in [0.05, 0.1) is 5.69 Å². The number of aromatic nitrogens is 3. The van der Waals surface area contributed by atoms with Crippen molar-refractivity contribution in [3.05, 3.63) is 42.2 Å². The van der Waals surface area contributed by atoms with Crippen LogP contribution in [0.1, 0.15) is 31.2 Å². The van der Waals surface area contributed by atoms with E-state index in [1.54, 1.807) is 24.0 Å². The fourth-order valence-corrected chi connectivity index (χ4v) is 3.42. The molecule has 1 saturated carbocycles. The molecular formula is C17H17N3OS. The molecule has 3 aromatic rings. The molecular weight excluding hydrogens is 294 g/mol. The van der Waals surface area contributed by atoms with Crippen molar-refractivity contribution >= 4 is 17.4 Å². The first kappa shape index (κ1) is 13.6. The van der Waals surface area contributed by atoms with Crippen molar-refractivity contribution in [2.24, 2.45) is 0 Å². The van der Waals surface area contributed by atoms with Crippen molar-refractivity contribution in [3.63, 3.8) is 0 Å². The lowest BCUT2D eigenvalue weighted by Gasteiger charge is -2.09. The summed E-state index contributed by atoms with van der Waals surface area (Å²) >= 11 is 1.71. The van der Waals surface area contributed by atoms with Crippen LogP contribution in [0.15, 0.2) is 41.8 Å². The van der Waals surface area contributed by atoms with Crippen LogP contribution in [0.3, 0.4) is 0 Å². The number of nitrogens with zero attached hydrogens (tertiary/aromatic N) is 3.